The molecule has 0 bridgehead atoms. The molecule has 0 saturated carbocycles. The molecule has 2 aromatic carbocycles. The maximum absolute atomic E-state index is 3.66. The number of rotatable bonds is 5. The molecule has 0 heterocycles. The summed E-state index contributed by atoms with van der Waals surface area (Å²) in [6.45, 7) is 5.33. The van der Waals surface area contributed by atoms with Crippen LogP contribution in [0.25, 0.3) is 0 Å². The Morgan fingerprint density at radius 1 is 1.05 bits per heavy atom. The van der Waals surface area contributed by atoms with Crippen LogP contribution in [-0.2, 0) is 0 Å². The third kappa shape index (κ3) is 3.68. The summed E-state index contributed by atoms with van der Waals surface area (Å²) in [4.78, 5) is 0. The summed E-state index contributed by atoms with van der Waals surface area (Å²) in [5, 5.41) is 3.63. The van der Waals surface area contributed by atoms with Crippen molar-refractivity contribution in [1.82, 2.24) is 5.32 Å². The van der Waals surface area contributed by atoms with E-state index in [1.54, 1.807) is 0 Å². The van der Waals surface area contributed by atoms with E-state index in [4.69, 9.17) is 0 Å². The molecular weight excluding hydrogens is 298 g/mol. The van der Waals surface area contributed by atoms with E-state index in [1.807, 2.05) is 0 Å². The number of nitrogens with one attached hydrogen (secondary N) is 1. The van der Waals surface area contributed by atoms with Crippen LogP contribution in [0.15, 0.2) is 53.0 Å². The second-order valence-corrected chi connectivity index (χ2v) is 5.67. The van der Waals surface area contributed by atoms with Crippen LogP contribution in [0, 0.1) is 6.92 Å². The van der Waals surface area contributed by atoms with Crippen LogP contribution in [0.2, 0.25) is 0 Å². The van der Waals surface area contributed by atoms with Crippen LogP contribution in [0.1, 0.15) is 36.1 Å². The van der Waals surface area contributed by atoms with Gasteiger partial charge in [-0.2, -0.15) is 0 Å². The Kier molecular flexibility index (Phi) is 5.17. The summed E-state index contributed by atoms with van der Waals surface area (Å²) in [6, 6.07) is 17.4. The molecular formula is C17H20BrN. The highest BCUT2D eigenvalue weighted by molar-refractivity contribution is 9.10. The second-order valence-electron chi connectivity index (χ2n) is 4.82. The van der Waals surface area contributed by atoms with Gasteiger partial charge in [-0.15, -0.1) is 0 Å². The Morgan fingerprint density at radius 2 is 1.74 bits per heavy atom. The standard InChI is InChI=1S/C17H20BrN/c1-3-12-19-17(14-10-8-13(2)9-11-14)15-6-4-5-7-16(15)18/h4-11,17,19H,3,12H2,1-2H3. The molecule has 1 nitrogen and oxygen atoms in total. The topological polar surface area (TPSA) is 12.0 Å². The first kappa shape index (κ1) is 14.3. The minimum Gasteiger partial charge on any atom is -0.306 e. The number of halogens is 1. The van der Waals surface area contributed by atoms with Gasteiger partial charge in [-0.3, -0.25) is 0 Å². The predicted octanol–water partition coefficient (Wildman–Crippen LogP) is 4.85. The van der Waals surface area contributed by atoms with E-state index in [1.165, 1.54) is 16.7 Å². The van der Waals surface area contributed by atoms with Crippen molar-refractivity contribution in [3.05, 3.63) is 69.7 Å². The van der Waals surface area contributed by atoms with Gasteiger partial charge in [0.25, 0.3) is 0 Å². The third-order valence-corrected chi connectivity index (χ3v) is 3.95. The molecule has 100 valence electrons. The van der Waals surface area contributed by atoms with Crippen LogP contribution in [0.4, 0.5) is 0 Å². The highest BCUT2D eigenvalue weighted by Crippen LogP contribution is 2.28. The van der Waals surface area contributed by atoms with Gasteiger partial charge in [0.05, 0.1) is 6.04 Å². The molecule has 0 aromatic heterocycles. The normalized spacial score (nSPS) is 12.4. The average Bonchev–Trinajstić information content (AvgIpc) is 2.43. The van der Waals surface area contributed by atoms with E-state index < -0.39 is 0 Å². The number of hydrogen-bond donors (Lipinski definition) is 1. The number of benzene rings is 2. The van der Waals surface area contributed by atoms with Crippen LogP contribution in [-0.4, -0.2) is 6.54 Å². The zero-order chi connectivity index (χ0) is 13.7. The van der Waals surface area contributed by atoms with E-state index in [-0.39, 0.29) is 6.04 Å². The van der Waals surface area contributed by atoms with Crippen LogP contribution in [0.3, 0.4) is 0 Å². The van der Waals surface area contributed by atoms with Crippen LogP contribution < -0.4 is 5.32 Å². The summed E-state index contributed by atoms with van der Waals surface area (Å²) >= 11 is 3.66. The predicted molar refractivity (Wildman–Crippen MR) is 85.5 cm³/mol. The number of hydrogen-bond acceptors (Lipinski definition) is 1. The monoisotopic (exact) mass is 317 g/mol. The fourth-order valence-corrected chi connectivity index (χ4v) is 2.68. The largest absolute Gasteiger partial charge is 0.306 e. The van der Waals surface area contributed by atoms with Crippen LogP contribution in [0.5, 0.6) is 0 Å². The Balaban J connectivity index is 2.35. The minimum atomic E-state index is 0.246. The van der Waals surface area contributed by atoms with Crippen molar-refractivity contribution in [2.75, 3.05) is 6.54 Å². The molecule has 1 atom stereocenters. The molecule has 2 aromatic rings. The Hall–Kier alpha value is -1.12. The molecule has 2 rings (SSSR count). The lowest BCUT2D eigenvalue weighted by molar-refractivity contribution is 0.597. The summed E-state index contributed by atoms with van der Waals surface area (Å²) in [7, 11) is 0. The van der Waals surface area contributed by atoms with Crippen molar-refractivity contribution < 1.29 is 0 Å². The smallest absolute Gasteiger partial charge is 0.0587 e. The first-order chi connectivity index (χ1) is 9.22. The van der Waals surface area contributed by atoms with E-state index in [0.29, 0.717) is 0 Å². The molecule has 2 heteroatoms. The lowest BCUT2D eigenvalue weighted by atomic mass is 9.98. The SMILES string of the molecule is CCCNC(c1ccc(C)cc1)c1ccccc1Br. The maximum Gasteiger partial charge on any atom is 0.0587 e. The van der Waals surface area contributed by atoms with Gasteiger partial charge in [0.2, 0.25) is 0 Å². The molecule has 0 aliphatic carbocycles. The number of aryl methyl sites for hydroxylation is 1. The highest BCUT2D eigenvalue weighted by atomic mass is 79.9. The molecule has 0 amide bonds. The van der Waals surface area contributed by atoms with Gasteiger partial charge in [-0.25, -0.2) is 0 Å². The van der Waals surface area contributed by atoms with Crippen molar-refractivity contribution in [3.63, 3.8) is 0 Å². The van der Waals surface area contributed by atoms with E-state index in [9.17, 15) is 0 Å². The molecule has 0 saturated heterocycles. The van der Waals surface area contributed by atoms with Gasteiger partial charge in [0.1, 0.15) is 0 Å². The molecule has 0 spiro atoms. The molecule has 0 fully saturated rings. The maximum atomic E-state index is 3.66. The first-order valence-corrected chi connectivity index (χ1v) is 7.56. The van der Waals surface area contributed by atoms with Crippen molar-refractivity contribution >= 4 is 15.9 Å². The quantitative estimate of drug-likeness (QED) is 0.831. The van der Waals surface area contributed by atoms with E-state index >= 15 is 0 Å². The molecule has 1 unspecified atom stereocenters. The van der Waals surface area contributed by atoms with Crippen molar-refractivity contribution in [2.24, 2.45) is 0 Å². The first-order valence-electron chi connectivity index (χ1n) is 6.76. The molecule has 19 heavy (non-hydrogen) atoms. The Bertz CT molecular complexity index is 519. The average molecular weight is 318 g/mol. The van der Waals surface area contributed by atoms with Gasteiger partial charge < -0.3 is 5.32 Å². The zero-order valence-electron chi connectivity index (χ0n) is 11.5. The summed E-state index contributed by atoms with van der Waals surface area (Å²) in [6.07, 6.45) is 1.13. The summed E-state index contributed by atoms with van der Waals surface area (Å²) in [5.41, 5.74) is 3.90. The van der Waals surface area contributed by atoms with Crippen LogP contribution >= 0.6 is 15.9 Å². The van der Waals surface area contributed by atoms with Crippen molar-refractivity contribution in [1.29, 1.82) is 0 Å². The summed E-state index contributed by atoms with van der Waals surface area (Å²) < 4.78 is 1.16. The lowest BCUT2D eigenvalue weighted by Gasteiger charge is -2.21. The highest BCUT2D eigenvalue weighted by Gasteiger charge is 2.15. The van der Waals surface area contributed by atoms with Gasteiger partial charge >= 0.3 is 0 Å². The lowest BCUT2D eigenvalue weighted by Crippen LogP contribution is -2.23. The van der Waals surface area contributed by atoms with Crippen molar-refractivity contribution in [3.8, 4) is 0 Å². The zero-order valence-corrected chi connectivity index (χ0v) is 13.1. The van der Waals surface area contributed by atoms with E-state index in [2.05, 4.69) is 83.6 Å². The third-order valence-electron chi connectivity index (χ3n) is 3.23. The fraction of sp³-hybridized carbons (Fsp3) is 0.294. The molecule has 0 aliphatic rings. The van der Waals surface area contributed by atoms with Gasteiger partial charge in [-0.05, 0) is 37.1 Å². The molecule has 0 aliphatic heterocycles. The second kappa shape index (κ2) is 6.88. The molecule has 0 radical (unpaired) electrons. The van der Waals surface area contributed by atoms with Gasteiger partial charge in [0.15, 0.2) is 0 Å². The van der Waals surface area contributed by atoms with Gasteiger partial charge in [-0.1, -0.05) is 70.9 Å². The fourth-order valence-electron chi connectivity index (χ4n) is 2.16. The van der Waals surface area contributed by atoms with Crippen molar-refractivity contribution in [2.45, 2.75) is 26.3 Å². The Morgan fingerprint density at radius 3 is 2.37 bits per heavy atom. The summed E-state index contributed by atoms with van der Waals surface area (Å²) in [5.74, 6) is 0. The van der Waals surface area contributed by atoms with Gasteiger partial charge in [0, 0.05) is 4.47 Å². The molecule has 1 N–H and O–H groups in total. The van der Waals surface area contributed by atoms with E-state index in [0.717, 1.165) is 17.4 Å². The Labute approximate surface area is 124 Å². The minimum absolute atomic E-state index is 0.246.